The maximum Gasteiger partial charge on any atom is 0.306 e. The van der Waals surface area contributed by atoms with E-state index in [2.05, 4.69) is 24.3 Å². The molecule has 0 heterocycles. The SMILES string of the molecule is CCOC(=O)CCc1ccc(OCCCCc2ccccc2)cc1. The van der Waals surface area contributed by atoms with E-state index in [4.69, 9.17) is 9.47 Å². The monoisotopic (exact) mass is 326 g/mol. The number of benzene rings is 2. The van der Waals surface area contributed by atoms with Crippen molar-refractivity contribution in [3.63, 3.8) is 0 Å². The Kier molecular flexibility index (Phi) is 7.88. The van der Waals surface area contributed by atoms with Gasteiger partial charge in [0.2, 0.25) is 0 Å². The van der Waals surface area contributed by atoms with Crippen molar-refractivity contribution >= 4 is 5.97 Å². The second-order valence-electron chi connectivity index (χ2n) is 5.74. The van der Waals surface area contributed by atoms with E-state index in [0.717, 1.165) is 37.2 Å². The van der Waals surface area contributed by atoms with Crippen molar-refractivity contribution in [1.82, 2.24) is 0 Å². The maximum atomic E-state index is 11.3. The standard InChI is InChI=1S/C21H26O3/c1-2-23-21(22)16-13-19-11-14-20(15-12-19)24-17-7-6-10-18-8-4-3-5-9-18/h3-5,8-9,11-12,14-15H,2,6-7,10,13,16-17H2,1H3. The van der Waals surface area contributed by atoms with Crippen LogP contribution in [0.5, 0.6) is 5.75 Å². The van der Waals surface area contributed by atoms with Crippen molar-refractivity contribution in [2.75, 3.05) is 13.2 Å². The van der Waals surface area contributed by atoms with Crippen LogP contribution in [-0.4, -0.2) is 19.2 Å². The van der Waals surface area contributed by atoms with Crippen LogP contribution in [0.2, 0.25) is 0 Å². The van der Waals surface area contributed by atoms with Gasteiger partial charge in [-0.25, -0.2) is 0 Å². The molecular formula is C21H26O3. The molecule has 3 heteroatoms. The minimum absolute atomic E-state index is 0.142. The summed E-state index contributed by atoms with van der Waals surface area (Å²) >= 11 is 0. The number of esters is 1. The molecule has 0 unspecified atom stereocenters. The van der Waals surface area contributed by atoms with E-state index in [-0.39, 0.29) is 5.97 Å². The van der Waals surface area contributed by atoms with Crippen molar-refractivity contribution in [3.05, 3.63) is 65.7 Å². The summed E-state index contributed by atoms with van der Waals surface area (Å²) in [6.07, 6.45) is 4.39. The van der Waals surface area contributed by atoms with Gasteiger partial charge in [0.15, 0.2) is 0 Å². The number of unbranched alkanes of at least 4 members (excludes halogenated alkanes) is 1. The summed E-state index contributed by atoms with van der Waals surface area (Å²) in [7, 11) is 0. The average molecular weight is 326 g/mol. The minimum Gasteiger partial charge on any atom is -0.494 e. The van der Waals surface area contributed by atoms with E-state index < -0.39 is 0 Å². The quantitative estimate of drug-likeness (QED) is 0.473. The largest absolute Gasteiger partial charge is 0.494 e. The first-order valence-corrected chi connectivity index (χ1v) is 8.69. The third kappa shape index (κ3) is 6.86. The molecular weight excluding hydrogens is 300 g/mol. The molecule has 2 aromatic carbocycles. The minimum atomic E-state index is -0.142. The van der Waals surface area contributed by atoms with Gasteiger partial charge in [0.1, 0.15) is 5.75 Å². The van der Waals surface area contributed by atoms with Crippen LogP contribution in [0.1, 0.15) is 37.3 Å². The Morgan fingerprint density at radius 1 is 0.875 bits per heavy atom. The number of rotatable bonds is 10. The second kappa shape index (κ2) is 10.5. The van der Waals surface area contributed by atoms with Crippen LogP contribution in [0, 0.1) is 0 Å². The lowest BCUT2D eigenvalue weighted by Crippen LogP contribution is -2.05. The van der Waals surface area contributed by atoms with Crippen LogP contribution in [-0.2, 0) is 22.4 Å². The zero-order valence-electron chi connectivity index (χ0n) is 14.4. The van der Waals surface area contributed by atoms with Crippen LogP contribution in [0.3, 0.4) is 0 Å². The molecule has 0 aliphatic rings. The number of hydrogen-bond acceptors (Lipinski definition) is 3. The molecule has 128 valence electrons. The predicted molar refractivity (Wildman–Crippen MR) is 96.3 cm³/mol. The topological polar surface area (TPSA) is 35.5 Å². The Morgan fingerprint density at radius 2 is 1.58 bits per heavy atom. The molecule has 0 aliphatic heterocycles. The molecule has 0 saturated heterocycles. The van der Waals surface area contributed by atoms with Crippen molar-refractivity contribution in [2.45, 2.75) is 39.0 Å². The second-order valence-corrected chi connectivity index (χ2v) is 5.74. The summed E-state index contributed by atoms with van der Waals surface area (Å²) in [4.78, 5) is 11.3. The molecule has 0 bridgehead atoms. The lowest BCUT2D eigenvalue weighted by Gasteiger charge is -2.07. The van der Waals surface area contributed by atoms with Crippen molar-refractivity contribution < 1.29 is 14.3 Å². The normalized spacial score (nSPS) is 10.4. The molecule has 2 rings (SSSR count). The summed E-state index contributed by atoms with van der Waals surface area (Å²) in [5.41, 5.74) is 2.50. The van der Waals surface area contributed by atoms with Gasteiger partial charge in [-0.15, -0.1) is 0 Å². The molecule has 0 amide bonds. The Hall–Kier alpha value is -2.29. The van der Waals surface area contributed by atoms with E-state index >= 15 is 0 Å². The first kappa shape index (κ1) is 18.1. The molecule has 0 atom stereocenters. The van der Waals surface area contributed by atoms with Crippen LogP contribution in [0.4, 0.5) is 0 Å². The van der Waals surface area contributed by atoms with Gasteiger partial charge in [-0.3, -0.25) is 4.79 Å². The highest BCUT2D eigenvalue weighted by Crippen LogP contribution is 2.14. The van der Waals surface area contributed by atoms with Crippen molar-refractivity contribution in [3.8, 4) is 5.75 Å². The fourth-order valence-electron chi connectivity index (χ4n) is 2.50. The van der Waals surface area contributed by atoms with Gasteiger partial charge in [-0.2, -0.15) is 0 Å². The maximum absolute atomic E-state index is 11.3. The van der Waals surface area contributed by atoms with Gasteiger partial charge < -0.3 is 9.47 Å². The molecule has 0 spiro atoms. The molecule has 0 radical (unpaired) electrons. The predicted octanol–water partition coefficient (Wildman–Crippen LogP) is 4.58. The highest BCUT2D eigenvalue weighted by atomic mass is 16.5. The third-order valence-electron chi connectivity index (χ3n) is 3.82. The number of carbonyl (C=O) groups excluding carboxylic acids is 1. The van der Waals surface area contributed by atoms with Gasteiger partial charge in [0, 0.05) is 6.42 Å². The first-order valence-electron chi connectivity index (χ1n) is 8.69. The van der Waals surface area contributed by atoms with Gasteiger partial charge >= 0.3 is 5.97 Å². The number of aryl methyl sites for hydroxylation is 2. The van der Waals surface area contributed by atoms with Gasteiger partial charge in [-0.05, 0) is 55.9 Å². The molecule has 0 aliphatic carbocycles. The number of hydrogen-bond donors (Lipinski definition) is 0. The fraction of sp³-hybridized carbons (Fsp3) is 0.381. The fourth-order valence-corrected chi connectivity index (χ4v) is 2.50. The molecule has 0 aromatic heterocycles. The highest BCUT2D eigenvalue weighted by molar-refractivity contribution is 5.69. The molecule has 2 aromatic rings. The molecule has 24 heavy (non-hydrogen) atoms. The Morgan fingerprint density at radius 3 is 2.29 bits per heavy atom. The lowest BCUT2D eigenvalue weighted by atomic mass is 10.1. The van der Waals surface area contributed by atoms with Crippen LogP contribution < -0.4 is 4.74 Å². The molecule has 0 N–H and O–H groups in total. The lowest BCUT2D eigenvalue weighted by molar-refractivity contribution is -0.143. The van der Waals surface area contributed by atoms with Gasteiger partial charge in [-0.1, -0.05) is 42.5 Å². The highest BCUT2D eigenvalue weighted by Gasteiger charge is 2.03. The average Bonchev–Trinajstić information content (AvgIpc) is 2.62. The van der Waals surface area contributed by atoms with Crippen molar-refractivity contribution in [1.29, 1.82) is 0 Å². The van der Waals surface area contributed by atoms with E-state index in [1.807, 2.05) is 37.3 Å². The summed E-state index contributed by atoms with van der Waals surface area (Å²) in [5.74, 6) is 0.742. The Labute approximate surface area is 144 Å². The van der Waals surface area contributed by atoms with Gasteiger partial charge in [0.25, 0.3) is 0 Å². The third-order valence-corrected chi connectivity index (χ3v) is 3.82. The summed E-state index contributed by atoms with van der Waals surface area (Å²) in [6.45, 7) is 2.99. The first-order chi connectivity index (χ1) is 11.8. The molecule has 0 saturated carbocycles. The number of ether oxygens (including phenoxy) is 2. The smallest absolute Gasteiger partial charge is 0.306 e. The van der Waals surface area contributed by atoms with Crippen LogP contribution in [0.25, 0.3) is 0 Å². The van der Waals surface area contributed by atoms with E-state index in [9.17, 15) is 4.79 Å². The zero-order valence-corrected chi connectivity index (χ0v) is 14.4. The number of carbonyl (C=O) groups is 1. The Bertz CT molecular complexity index is 590. The van der Waals surface area contributed by atoms with E-state index in [1.165, 1.54) is 5.56 Å². The van der Waals surface area contributed by atoms with Gasteiger partial charge in [0.05, 0.1) is 13.2 Å². The summed E-state index contributed by atoms with van der Waals surface area (Å²) in [6, 6.07) is 18.5. The van der Waals surface area contributed by atoms with Crippen LogP contribution >= 0.6 is 0 Å². The zero-order chi connectivity index (χ0) is 17.0. The summed E-state index contributed by atoms with van der Waals surface area (Å²) < 4.78 is 10.7. The summed E-state index contributed by atoms with van der Waals surface area (Å²) in [5, 5.41) is 0. The Balaban J connectivity index is 1.62. The molecule has 0 fully saturated rings. The van der Waals surface area contributed by atoms with E-state index in [0.29, 0.717) is 19.4 Å². The van der Waals surface area contributed by atoms with E-state index in [1.54, 1.807) is 0 Å². The van der Waals surface area contributed by atoms with Crippen LogP contribution in [0.15, 0.2) is 54.6 Å². The molecule has 3 nitrogen and oxygen atoms in total. The van der Waals surface area contributed by atoms with Crippen molar-refractivity contribution in [2.24, 2.45) is 0 Å².